The van der Waals surface area contributed by atoms with Gasteiger partial charge in [-0.25, -0.2) is 0 Å². The lowest BCUT2D eigenvalue weighted by atomic mass is 10.2. The quantitative estimate of drug-likeness (QED) is 0.358. The number of hydrogen-bond donors (Lipinski definition) is 4. The molecule has 88 valence electrons. The zero-order valence-corrected chi connectivity index (χ0v) is 9.54. The number of unbranched alkanes of at least 4 members (excludes halogenated alkanes) is 3. The maximum Gasteiger partial charge on any atom is 0.0520 e. The predicted octanol–water partition coefficient (Wildman–Crippen LogP) is 0.494. The standard InChI is InChI=1S/2C5H14N2/c1-2-3-4-5(6)7;6-4-2-1-3-5-7/h5H,2-4,6-7H2,1H3;1-7H2. The molecule has 0 atom stereocenters. The third kappa shape index (κ3) is 22.6. The Kier molecular flexibility index (Phi) is 17.8. The summed E-state index contributed by atoms with van der Waals surface area (Å²) in [5, 5.41) is 0. The molecule has 8 N–H and O–H groups in total. The van der Waals surface area contributed by atoms with Gasteiger partial charge in [-0.3, -0.25) is 0 Å². The number of rotatable bonds is 7. The lowest BCUT2D eigenvalue weighted by Crippen LogP contribution is -2.29. The van der Waals surface area contributed by atoms with Gasteiger partial charge in [0.05, 0.1) is 6.17 Å². The second kappa shape index (κ2) is 15.3. The van der Waals surface area contributed by atoms with Crippen molar-refractivity contribution in [2.24, 2.45) is 22.9 Å². The Morgan fingerprint density at radius 1 is 0.857 bits per heavy atom. The van der Waals surface area contributed by atoms with Gasteiger partial charge in [0.2, 0.25) is 0 Å². The molecule has 0 radical (unpaired) electrons. The topological polar surface area (TPSA) is 104 Å². The Bertz CT molecular complexity index is 82.2. The van der Waals surface area contributed by atoms with Crippen LogP contribution in [-0.4, -0.2) is 19.3 Å². The van der Waals surface area contributed by atoms with E-state index in [-0.39, 0.29) is 6.17 Å². The van der Waals surface area contributed by atoms with E-state index < -0.39 is 0 Å². The molecule has 0 amide bonds. The molecule has 0 saturated heterocycles. The fraction of sp³-hybridized carbons (Fsp3) is 1.00. The van der Waals surface area contributed by atoms with Crippen molar-refractivity contribution in [1.29, 1.82) is 0 Å². The van der Waals surface area contributed by atoms with Gasteiger partial charge in [0.25, 0.3) is 0 Å². The molecule has 0 fully saturated rings. The van der Waals surface area contributed by atoms with Crippen LogP contribution < -0.4 is 22.9 Å². The van der Waals surface area contributed by atoms with Gasteiger partial charge in [0, 0.05) is 0 Å². The monoisotopic (exact) mass is 204 g/mol. The van der Waals surface area contributed by atoms with Gasteiger partial charge >= 0.3 is 0 Å². The molecule has 0 aromatic carbocycles. The highest BCUT2D eigenvalue weighted by Crippen LogP contribution is 1.91. The summed E-state index contributed by atoms with van der Waals surface area (Å²) in [6, 6.07) is 0. The first kappa shape index (κ1) is 16.3. The molecular weight excluding hydrogens is 176 g/mol. The van der Waals surface area contributed by atoms with Crippen LogP contribution in [0.1, 0.15) is 45.4 Å². The minimum absolute atomic E-state index is 0.0973. The van der Waals surface area contributed by atoms with E-state index in [1.54, 1.807) is 0 Å². The smallest absolute Gasteiger partial charge is 0.0520 e. The molecule has 0 aromatic rings. The van der Waals surface area contributed by atoms with E-state index in [1.165, 1.54) is 12.8 Å². The molecule has 0 spiro atoms. The van der Waals surface area contributed by atoms with Gasteiger partial charge in [0.1, 0.15) is 0 Å². The van der Waals surface area contributed by atoms with Crippen LogP contribution in [0.4, 0.5) is 0 Å². The highest BCUT2D eigenvalue weighted by molar-refractivity contribution is 4.48. The van der Waals surface area contributed by atoms with Crippen LogP contribution in [0.5, 0.6) is 0 Å². The van der Waals surface area contributed by atoms with Gasteiger partial charge in [-0.15, -0.1) is 0 Å². The third-order valence-corrected chi connectivity index (χ3v) is 1.80. The van der Waals surface area contributed by atoms with E-state index in [1.807, 2.05) is 0 Å². The largest absolute Gasteiger partial charge is 0.330 e. The normalized spacial score (nSPS) is 9.86. The molecule has 0 saturated carbocycles. The molecule has 0 aromatic heterocycles. The fourth-order valence-corrected chi connectivity index (χ4v) is 0.905. The average molecular weight is 204 g/mol. The Morgan fingerprint density at radius 2 is 1.36 bits per heavy atom. The molecule has 0 bridgehead atoms. The highest BCUT2D eigenvalue weighted by Gasteiger charge is 1.88. The maximum absolute atomic E-state index is 5.26. The van der Waals surface area contributed by atoms with E-state index in [9.17, 15) is 0 Å². The SMILES string of the molecule is CCCCC(N)N.NCCCCCN. The highest BCUT2D eigenvalue weighted by atomic mass is 14.8. The molecule has 0 aliphatic rings. The molecule has 14 heavy (non-hydrogen) atoms. The van der Waals surface area contributed by atoms with Gasteiger partial charge in [0.15, 0.2) is 0 Å². The van der Waals surface area contributed by atoms with Crippen molar-refractivity contribution in [3.05, 3.63) is 0 Å². The van der Waals surface area contributed by atoms with Crippen molar-refractivity contribution in [3.63, 3.8) is 0 Å². The molecule has 4 nitrogen and oxygen atoms in total. The van der Waals surface area contributed by atoms with Crippen molar-refractivity contribution in [3.8, 4) is 0 Å². The summed E-state index contributed by atoms with van der Waals surface area (Å²) < 4.78 is 0. The van der Waals surface area contributed by atoms with Crippen molar-refractivity contribution in [2.45, 2.75) is 51.6 Å². The zero-order valence-electron chi connectivity index (χ0n) is 9.54. The fourth-order valence-electron chi connectivity index (χ4n) is 0.905. The molecule has 4 heteroatoms. The summed E-state index contributed by atoms with van der Waals surface area (Å²) in [7, 11) is 0. The first-order chi connectivity index (χ1) is 6.68. The van der Waals surface area contributed by atoms with Gasteiger partial charge < -0.3 is 22.9 Å². The van der Waals surface area contributed by atoms with Gasteiger partial charge in [-0.2, -0.15) is 0 Å². The van der Waals surface area contributed by atoms with E-state index in [0.29, 0.717) is 0 Å². The minimum atomic E-state index is -0.0973. The van der Waals surface area contributed by atoms with Crippen LogP contribution in [0.3, 0.4) is 0 Å². The Labute approximate surface area is 88.4 Å². The maximum atomic E-state index is 5.26. The Balaban J connectivity index is 0. The molecule has 0 aliphatic heterocycles. The second-order valence-electron chi connectivity index (χ2n) is 3.44. The first-order valence-corrected chi connectivity index (χ1v) is 5.60. The van der Waals surface area contributed by atoms with Crippen molar-refractivity contribution < 1.29 is 0 Å². The van der Waals surface area contributed by atoms with Crippen molar-refractivity contribution >= 4 is 0 Å². The molecule has 0 rings (SSSR count). The Morgan fingerprint density at radius 3 is 1.57 bits per heavy atom. The van der Waals surface area contributed by atoms with E-state index in [2.05, 4.69) is 6.92 Å². The van der Waals surface area contributed by atoms with Gasteiger partial charge in [-0.05, 0) is 32.4 Å². The second-order valence-corrected chi connectivity index (χ2v) is 3.44. The number of hydrogen-bond acceptors (Lipinski definition) is 4. The summed E-state index contributed by atoms with van der Waals surface area (Å²) in [5.41, 5.74) is 21.0. The van der Waals surface area contributed by atoms with Crippen molar-refractivity contribution in [2.75, 3.05) is 13.1 Å². The van der Waals surface area contributed by atoms with E-state index in [4.69, 9.17) is 22.9 Å². The zero-order chi connectivity index (χ0) is 11.2. The Hall–Kier alpha value is -0.160. The molecule has 0 aliphatic carbocycles. The van der Waals surface area contributed by atoms with Crippen LogP contribution in [0, 0.1) is 0 Å². The molecule has 0 heterocycles. The predicted molar refractivity (Wildman–Crippen MR) is 63.6 cm³/mol. The van der Waals surface area contributed by atoms with E-state index in [0.717, 1.165) is 38.8 Å². The van der Waals surface area contributed by atoms with Gasteiger partial charge in [-0.1, -0.05) is 26.2 Å². The van der Waals surface area contributed by atoms with Crippen LogP contribution in [-0.2, 0) is 0 Å². The van der Waals surface area contributed by atoms with Crippen LogP contribution in [0.25, 0.3) is 0 Å². The molecule has 0 unspecified atom stereocenters. The summed E-state index contributed by atoms with van der Waals surface area (Å²) in [6.45, 7) is 3.74. The first-order valence-electron chi connectivity index (χ1n) is 5.60. The van der Waals surface area contributed by atoms with Crippen LogP contribution in [0.15, 0.2) is 0 Å². The van der Waals surface area contributed by atoms with Crippen molar-refractivity contribution in [1.82, 2.24) is 0 Å². The summed E-state index contributed by atoms with van der Waals surface area (Å²) in [4.78, 5) is 0. The minimum Gasteiger partial charge on any atom is -0.330 e. The summed E-state index contributed by atoms with van der Waals surface area (Å²) in [6.07, 6.45) is 6.63. The lowest BCUT2D eigenvalue weighted by Gasteiger charge is -2.00. The van der Waals surface area contributed by atoms with E-state index >= 15 is 0 Å². The summed E-state index contributed by atoms with van der Waals surface area (Å²) >= 11 is 0. The molecular formula is C10H28N4. The number of nitrogens with two attached hydrogens (primary N) is 4. The average Bonchev–Trinajstić information content (AvgIpc) is 2.16. The lowest BCUT2D eigenvalue weighted by molar-refractivity contribution is 0.595. The third-order valence-electron chi connectivity index (χ3n) is 1.80. The van der Waals surface area contributed by atoms with Crippen LogP contribution in [0.2, 0.25) is 0 Å². The summed E-state index contributed by atoms with van der Waals surface area (Å²) in [5.74, 6) is 0. The van der Waals surface area contributed by atoms with Crippen LogP contribution >= 0.6 is 0 Å².